The number of hydrogen-bond donors (Lipinski definition) is 1. The highest BCUT2D eigenvalue weighted by atomic mass is 32.2. The number of aryl methyl sites for hydroxylation is 1. The van der Waals surface area contributed by atoms with Gasteiger partial charge in [0.25, 0.3) is 5.56 Å². The fraction of sp³-hybridized carbons (Fsp3) is 0.444. The van der Waals surface area contributed by atoms with Crippen LogP contribution in [0.4, 0.5) is 0 Å². The molecule has 1 aromatic carbocycles. The normalized spacial score (nSPS) is 15.5. The number of benzene rings is 1. The molecule has 8 heteroatoms. The molecule has 1 aliphatic carbocycles. The van der Waals surface area contributed by atoms with Crippen molar-refractivity contribution in [3.8, 4) is 0 Å². The molecular formula is C18H21N5O2S. The topological polar surface area (TPSA) is 81.3 Å². The molecule has 3 aromatic rings. The van der Waals surface area contributed by atoms with Crippen LogP contribution >= 0.6 is 11.8 Å². The van der Waals surface area contributed by atoms with Crippen molar-refractivity contribution in [1.29, 1.82) is 0 Å². The van der Waals surface area contributed by atoms with Crippen LogP contribution in [0.15, 0.2) is 34.2 Å². The molecular weight excluding hydrogens is 350 g/mol. The second-order valence-electron chi connectivity index (χ2n) is 6.63. The first-order valence-corrected chi connectivity index (χ1v) is 9.81. The van der Waals surface area contributed by atoms with E-state index in [1.807, 2.05) is 42.5 Å². The first-order chi connectivity index (χ1) is 12.6. The lowest BCUT2D eigenvalue weighted by Crippen LogP contribution is -2.32. The van der Waals surface area contributed by atoms with Crippen LogP contribution in [0.3, 0.4) is 0 Å². The Balaban J connectivity index is 1.80. The van der Waals surface area contributed by atoms with Gasteiger partial charge in [-0.2, -0.15) is 0 Å². The number of carbonyl (C=O) groups excluding carboxylic acids is 1. The molecule has 2 aromatic heterocycles. The molecule has 0 bridgehead atoms. The molecule has 2 heterocycles. The van der Waals surface area contributed by atoms with E-state index < -0.39 is 0 Å². The number of thioether (sulfide) groups is 1. The molecule has 4 rings (SSSR count). The van der Waals surface area contributed by atoms with Gasteiger partial charge in [0.1, 0.15) is 0 Å². The third-order valence-corrected chi connectivity index (χ3v) is 5.54. The highest BCUT2D eigenvalue weighted by molar-refractivity contribution is 8.00. The highest BCUT2D eigenvalue weighted by Crippen LogP contribution is 2.26. The van der Waals surface area contributed by atoms with E-state index in [0.717, 1.165) is 24.8 Å². The minimum absolute atomic E-state index is 0.0143. The molecule has 1 N–H and O–H groups in total. The van der Waals surface area contributed by atoms with Gasteiger partial charge in [0.15, 0.2) is 5.16 Å². The molecule has 1 saturated carbocycles. The minimum atomic E-state index is -0.284. The number of nitrogens with zero attached hydrogens (tertiary/aromatic N) is 4. The number of fused-ring (bicyclic) bond motifs is 3. The van der Waals surface area contributed by atoms with Crippen molar-refractivity contribution in [2.24, 2.45) is 0 Å². The van der Waals surface area contributed by atoms with Crippen molar-refractivity contribution in [3.63, 3.8) is 0 Å². The van der Waals surface area contributed by atoms with E-state index in [2.05, 4.69) is 15.5 Å². The number of amides is 1. The number of hydrogen-bond acceptors (Lipinski definition) is 5. The second-order valence-corrected chi connectivity index (χ2v) is 7.94. The molecule has 1 fully saturated rings. The fourth-order valence-corrected chi connectivity index (χ4v) is 3.86. The van der Waals surface area contributed by atoms with Crippen molar-refractivity contribution in [3.05, 3.63) is 34.6 Å². The van der Waals surface area contributed by atoms with Gasteiger partial charge in [0, 0.05) is 12.6 Å². The van der Waals surface area contributed by atoms with E-state index >= 15 is 0 Å². The van der Waals surface area contributed by atoms with E-state index in [-0.39, 0.29) is 16.7 Å². The molecule has 0 spiro atoms. The van der Waals surface area contributed by atoms with E-state index in [1.165, 1.54) is 11.8 Å². The van der Waals surface area contributed by atoms with Crippen molar-refractivity contribution in [2.45, 2.75) is 56.1 Å². The van der Waals surface area contributed by atoms with Gasteiger partial charge in [0.2, 0.25) is 11.7 Å². The lowest BCUT2D eigenvalue weighted by molar-refractivity contribution is -0.120. The van der Waals surface area contributed by atoms with Crippen LogP contribution in [0.25, 0.3) is 16.7 Å². The fourth-order valence-electron chi connectivity index (χ4n) is 2.99. The molecule has 0 saturated heterocycles. The summed E-state index contributed by atoms with van der Waals surface area (Å²) >= 11 is 1.37. The quantitative estimate of drug-likeness (QED) is 0.672. The Morgan fingerprint density at radius 2 is 2.12 bits per heavy atom. The Morgan fingerprint density at radius 3 is 2.85 bits per heavy atom. The third-order valence-electron chi connectivity index (χ3n) is 4.50. The van der Waals surface area contributed by atoms with E-state index in [4.69, 9.17) is 0 Å². The number of rotatable bonds is 6. The molecule has 26 heavy (non-hydrogen) atoms. The van der Waals surface area contributed by atoms with Gasteiger partial charge in [-0.3, -0.25) is 18.6 Å². The molecule has 1 amide bonds. The van der Waals surface area contributed by atoms with Crippen LogP contribution in [0.1, 0.15) is 33.1 Å². The van der Waals surface area contributed by atoms with Gasteiger partial charge < -0.3 is 5.32 Å². The Kier molecular flexibility index (Phi) is 4.44. The summed E-state index contributed by atoms with van der Waals surface area (Å²) in [6.45, 7) is 4.47. The summed E-state index contributed by atoms with van der Waals surface area (Å²) in [6.07, 6.45) is 2.94. The van der Waals surface area contributed by atoms with Gasteiger partial charge in [-0.25, -0.2) is 0 Å². The highest BCUT2D eigenvalue weighted by Gasteiger charge is 2.27. The van der Waals surface area contributed by atoms with Crippen molar-refractivity contribution < 1.29 is 4.79 Å². The SMILES string of the molecule is CCCn1c(=O)c2ccccc2n2c(SC(C)C(=O)NC3CC3)nnc12. The van der Waals surface area contributed by atoms with Crippen LogP contribution in [0.5, 0.6) is 0 Å². The van der Waals surface area contributed by atoms with Gasteiger partial charge in [0.05, 0.1) is 16.2 Å². The average molecular weight is 371 g/mol. The Bertz CT molecular complexity index is 1040. The van der Waals surface area contributed by atoms with E-state index in [0.29, 0.717) is 28.9 Å². The van der Waals surface area contributed by atoms with Crippen molar-refractivity contribution in [1.82, 2.24) is 24.5 Å². The third kappa shape index (κ3) is 2.98. The van der Waals surface area contributed by atoms with Crippen molar-refractivity contribution >= 4 is 34.3 Å². The predicted molar refractivity (Wildman–Crippen MR) is 102 cm³/mol. The summed E-state index contributed by atoms with van der Waals surface area (Å²) in [6, 6.07) is 7.79. The van der Waals surface area contributed by atoms with Gasteiger partial charge in [-0.1, -0.05) is 30.8 Å². The van der Waals surface area contributed by atoms with Crippen LogP contribution in [0.2, 0.25) is 0 Å². The number of carbonyl (C=O) groups is 1. The molecule has 136 valence electrons. The molecule has 1 aliphatic rings. The standard InChI is InChI=1S/C18H21N5O2S/c1-3-10-22-16(25)13-6-4-5-7-14(13)23-17(22)20-21-18(23)26-11(2)15(24)19-12-8-9-12/h4-7,11-12H,3,8-10H2,1-2H3,(H,19,24). The summed E-state index contributed by atoms with van der Waals surface area (Å²) in [7, 11) is 0. The molecule has 1 atom stereocenters. The summed E-state index contributed by atoms with van der Waals surface area (Å²) in [5.74, 6) is 0.535. The zero-order chi connectivity index (χ0) is 18.3. The minimum Gasteiger partial charge on any atom is -0.352 e. The largest absolute Gasteiger partial charge is 0.352 e. The van der Waals surface area contributed by atoms with Gasteiger partial charge in [-0.05, 0) is 38.3 Å². The second kappa shape index (κ2) is 6.75. The lowest BCUT2D eigenvalue weighted by atomic mass is 10.2. The van der Waals surface area contributed by atoms with Crippen LogP contribution < -0.4 is 10.9 Å². The summed E-state index contributed by atoms with van der Waals surface area (Å²) in [5.41, 5.74) is 0.709. The molecule has 1 unspecified atom stereocenters. The lowest BCUT2D eigenvalue weighted by Gasteiger charge is -2.12. The van der Waals surface area contributed by atoms with Gasteiger partial charge in [-0.15, -0.1) is 10.2 Å². The van der Waals surface area contributed by atoms with E-state index in [9.17, 15) is 9.59 Å². The predicted octanol–water partition coefficient (Wildman–Crippen LogP) is 2.21. The number of para-hydroxylation sites is 1. The Hall–Kier alpha value is -2.35. The van der Waals surface area contributed by atoms with Gasteiger partial charge >= 0.3 is 0 Å². The van der Waals surface area contributed by atoms with Crippen LogP contribution in [-0.2, 0) is 11.3 Å². The number of nitrogens with one attached hydrogen (secondary N) is 1. The first-order valence-electron chi connectivity index (χ1n) is 8.94. The Labute approximate surface area is 154 Å². The zero-order valence-electron chi connectivity index (χ0n) is 14.8. The molecule has 7 nitrogen and oxygen atoms in total. The molecule has 0 aliphatic heterocycles. The summed E-state index contributed by atoms with van der Waals surface area (Å²) < 4.78 is 3.55. The van der Waals surface area contributed by atoms with E-state index in [1.54, 1.807) is 4.57 Å². The summed E-state index contributed by atoms with van der Waals surface area (Å²) in [5, 5.41) is 12.5. The van der Waals surface area contributed by atoms with Crippen LogP contribution in [-0.4, -0.2) is 36.4 Å². The summed E-state index contributed by atoms with van der Waals surface area (Å²) in [4.78, 5) is 25.1. The van der Waals surface area contributed by atoms with Crippen LogP contribution in [0, 0.1) is 0 Å². The monoisotopic (exact) mass is 371 g/mol. The van der Waals surface area contributed by atoms with Crippen molar-refractivity contribution in [2.75, 3.05) is 0 Å². The first kappa shape index (κ1) is 17.1. The molecule has 0 radical (unpaired) electrons. The average Bonchev–Trinajstić information content (AvgIpc) is 3.36. The zero-order valence-corrected chi connectivity index (χ0v) is 15.6. The number of aromatic nitrogens is 4. The maximum Gasteiger partial charge on any atom is 0.262 e. The maximum absolute atomic E-state index is 12.8. The smallest absolute Gasteiger partial charge is 0.262 e. The Morgan fingerprint density at radius 1 is 1.35 bits per heavy atom. The maximum atomic E-state index is 12.8.